The largest absolute Gasteiger partial charge is 1.00 e. The molecule has 0 aliphatic heterocycles. The average molecular weight is 521 g/mol. The van der Waals surface area contributed by atoms with Gasteiger partial charge in [0.05, 0.1) is 32.3 Å². The number of aliphatic hydroxyl groups excluding tert-OH is 2. The molecule has 0 aliphatic rings. The van der Waals surface area contributed by atoms with Crippen LogP contribution in [0.3, 0.4) is 0 Å². The maximum Gasteiger partial charge on any atom is 1.00 e. The van der Waals surface area contributed by atoms with Crippen LogP contribution in [0.25, 0.3) is 0 Å². The van der Waals surface area contributed by atoms with Crippen molar-refractivity contribution < 1.29 is 77.8 Å². The molecule has 4 N–H and O–H groups in total. The van der Waals surface area contributed by atoms with Gasteiger partial charge in [0.25, 0.3) is 7.82 Å². The number of rotatable bonds is 22. The summed E-state index contributed by atoms with van der Waals surface area (Å²) in [6.45, 7) is 0.316. The summed E-state index contributed by atoms with van der Waals surface area (Å²) in [5.41, 5.74) is 0. The van der Waals surface area contributed by atoms with Gasteiger partial charge >= 0.3 is 29.6 Å². The third-order valence-electron chi connectivity index (χ3n) is 5.48. The number of hydrogen-bond donors (Lipinski definition) is 4. The number of aliphatic carboxylic acids is 1. The molecule has 0 heterocycles. The molecule has 0 rings (SSSR count). The van der Waals surface area contributed by atoms with Crippen LogP contribution >= 0.6 is 7.82 Å². The number of unbranched alkanes of at least 4 members (excludes halogenated alkanes) is 8. The van der Waals surface area contributed by atoms with E-state index in [4.69, 9.17) is 4.89 Å². The van der Waals surface area contributed by atoms with Crippen LogP contribution in [0.2, 0.25) is 0 Å². The van der Waals surface area contributed by atoms with Crippen molar-refractivity contribution in [3.8, 4) is 0 Å². The zero-order valence-corrected chi connectivity index (χ0v) is 23.7. The molecule has 1 amide bonds. The Morgan fingerprint density at radius 3 is 2.12 bits per heavy atom. The van der Waals surface area contributed by atoms with Crippen molar-refractivity contribution in [2.45, 2.75) is 77.2 Å². The van der Waals surface area contributed by atoms with Crippen molar-refractivity contribution in [3.05, 3.63) is 0 Å². The Morgan fingerprint density at radius 1 is 1.06 bits per heavy atom. The number of phosphoric ester groups is 1. The SMILES string of the molecule is CCCCCCCCCCCC(=O)NCC[N+](CCO)(CC(=O)[O-])CC(O)COP(=O)([O-])O.[Na+]. The minimum Gasteiger partial charge on any atom is -0.756 e. The first-order valence-electron chi connectivity index (χ1n) is 11.8. The summed E-state index contributed by atoms with van der Waals surface area (Å²) in [7, 11) is -5.04. The van der Waals surface area contributed by atoms with E-state index in [9.17, 15) is 34.4 Å². The Hall–Kier alpha value is -0.0700. The van der Waals surface area contributed by atoms with E-state index < -0.39 is 39.7 Å². The van der Waals surface area contributed by atoms with Gasteiger partial charge in [0, 0.05) is 6.42 Å². The summed E-state index contributed by atoms with van der Waals surface area (Å²) in [4.78, 5) is 42.7. The smallest absolute Gasteiger partial charge is 0.756 e. The Kier molecular flexibility index (Phi) is 22.4. The Balaban J connectivity index is 0. The van der Waals surface area contributed by atoms with E-state index in [-0.39, 0.29) is 66.1 Å². The summed E-state index contributed by atoms with van der Waals surface area (Å²) in [6, 6.07) is 0. The average Bonchev–Trinajstić information content (AvgIpc) is 2.70. The number of carbonyl (C=O) groups excluding carboxylic acids is 2. The number of nitrogens with one attached hydrogen (secondary N) is 1. The van der Waals surface area contributed by atoms with Gasteiger partial charge in [-0.25, -0.2) is 0 Å². The van der Waals surface area contributed by atoms with Gasteiger partial charge in [-0.15, -0.1) is 0 Å². The number of quaternary nitrogens is 1. The Morgan fingerprint density at radius 2 is 1.62 bits per heavy atom. The first-order valence-corrected chi connectivity index (χ1v) is 13.3. The second-order valence-corrected chi connectivity index (χ2v) is 9.77. The van der Waals surface area contributed by atoms with Crippen LogP contribution in [0.5, 0.6) is 0 Å². The van der Waals surface area contributed by atoms with Gasteiger partial charge in [-0.05, 0) is 6.42 Å². The minimum atomic E-state index is -5.04. The molecule has 0 fully saturated rings. The fraction of sp³-hybridized carbons (Fsp3) is 0.905. The molecule has 3 unspecified atom stereocenters. The van der Waals surface area contributed by atoms with E-state index in [1.165, 1.54) is 38.5 Å². The van der Waals surface area contributed by atoms with Crippen molar-refractivity contribution in [2.24, 2.45) is 0 Å². The number of phosphoric acid groups is 1. The maximum absolute atomic E-state index is 12.1. The molecule has 34 heavy (non-hydrogen) atoms. The molecule has 0 bridgehead atoms. The van der Waals surface area contributed by atoms with Crippen molar-refractivity contribution in [2.75, 3.05) is 45.9 Å². The van der Waals surface area contributed by atoms with Crippen molar-refractivity contribution in [1.82, 2.24) is 5.32 Å². The molecule has 0 radical (unpaired) electrons. The predicted molar refractivity (Wildman–Crippen MR) is 118 cm³/mol. The number of aliphatic hydroxyl groups is 2. The Labute approximate surface area is 225 Å². The van der Waals surface area contributed by atoms with Crippen LogP contribution in [0, 0.1) is 0 Å². The molecule has 13 heteroatoms. The van der Waals surface area contributed by atoms with Gasteiger partial charge in [-0.2, -0.15) is 0 Å². The second-order valence-electron chi connectivity index (χ2n) is 8.57. The first kappa shape index (κ1) is 36.1. The monoisotopic (exact) mass is 520 g/mol. The molecule has 0 aromatic rings. The van der Waals surface area contributed by atoms with Crippen LogP contribution in [0.4, 0.5) is 0 Å². The predicted octanol–water partition coefficient (Wildman–Crippen LogP) is -3.58. The van der Waals surface area contributed by atoms with Crippen molar-refractivity contribution in [3.63, 3.8) is 0 Å². The molecule has 0 spiro atoms. The minimum absolute atomic E-state index is 0. The summed E-state index contributed by atoms with van der Waals surface area (Å²) >= 11 is 0. The zero-order valence-electron chi connectivity index (χ0n) is 20.8. The topological polar surface area (TPSA) is 179 Å². The van der Waals surface area contributed by atoms with E-state index >= 15 is 0 Å². The van der Waals surface area contributed by atoms with Crippen LogP contribution in [0.15, 0.2) is 0 Å². The quantitative estimate of drug-likeness (QED) is 0.0486. The van der Waals surface area contributed by atoms with Crippen LogP contribution in [-0.2, 0) is 18.7 Å². The number of carbonyl (C=O) groups is 2. The fourth-order valence-electron chi connectivity index (χ4n) is 3.80. The first-order chi connectivity index (χ1) is 15.5. The summed E-state index contributed by atoms with van der Waals surface area (Å²) in [6.07, 6.45) is 9.18. The molecule has 0 aliphatic carbocycles. The summed E-state index contributed by atoms with van der Waals surface area (Å²) < 4.78 is 14.5. The van der Waals surface area contributed by atoms with Crippen LogP contribution < -0.4 is 44.9 Å². The molecule has 3 atom stereocenters. The van der Waals surface area contributed by atoms with Gasteiger partial charge in [-0.3, -0.25) is 9.36 Å². The Bertz CT molecular complexity index is 595. The number of amides is 1. The zero-order chi connectivity index (χ0) is 25.2. The third kappa shape index (κ3) is 21.2. The van der Waals surface area contributed by atoms with E-state index in [1.807, 2.05) is 0 Å². The summed E-state index contributed by atoms with van der Waals surface area (Å²) in [5.74, 6) is -1.58. The van der Waals surface area contributed by atoms with Crippen molar-refractivity contribution >= 4 is 19.7 Å². The number of nitrogens with zero attached hydrogens (tertiary/aromatic N) is 1. The summed E-state index contributed by atoms with van der Waals surface area (Å²) in [5, 5.41) is 33.4. The van der Waals surface area contributed by atoms with E-state index in [0.717, 1.165) is 19.3 Å². The van der Waals surface area contributed by atoms with E-state index in [1.54, 1.807) is 0 Å². The molecule has 196 valence electrons. The number of carboxylic acid groups (broad SMARTS) is 1. The van der Waals surface area contributed by atoms with Gasteiger partial charge in [0.2, 0.25) is 5.91 Å². The molecule has 11 nitrogen and oxygen atoms in total. The van der Waals surface area contributed by atoms with E-state index in [2.05, 4.69) is 16.8 Å². The maximum atomic E-state index is 12.1. The molecule has 0 saturated heterocycles. The second kappa shape index (κ2) is 21.1. The van der Waals surface area contributed by atoms with Gasteiger partial charge in [0.1, 0.15) is 25.7 Å². The van der Waals surface area contributed by atoms with Crippen LogP contribution in [-0.4, -0.2) is 83.5 Å². The van der Waals surface area contributed by atoms with Gasteiger partial charge in [-0.1, -0.05) is 58.3 Å². The van der Waals surface area contributed by atoms with Crippen molar-refractivity contribution in [1.29, 1.82) is 0 Å². The molecule has 0 aromatic carbocycles. The van der Waals surface area contributed by atoms with Gasteiger partial charge in [0.15, 0.2) is 0 Å². The van der Waals surface area contributed by atoms with Gasteiger partial charge < -0.3 is 44.2 Å². The number of hydrogen-bond acceptors (Lipinski definition) is 8. The van der Waals surface area contributed by atoms with Crippen LogP contribution in [0.1, 0.15) is 71.1 Å². The normalized spacial score (nSPS) is 15.6. The third-order valence-corrected chi connectivity index (χ3v) is 5.96. The number of carboxylic acids is 1. The molecule has 0 saturated carbocycles. The molecular weight excluding hydrogens is 478 g/mol. The van der Waals surface area contributed by atoms with E-state index in [0.29, 0.717) is 6.42 Å². The molecule has 0 aromatic heterocycles. The molecular formula is C21H42N2NaO9P. The fourth-order valence-corrected chi connectivity index (χ4v) is 4.16. The standard InChI is InChI=1S/C21H43N2O9P.Na/c1-2-3-4-5-6-7-8-9-10-11-20(26)22-12-13-23(14-15-24,17-21(27)28)16-19(25)18-32-33(29,30)31;/h19,24-25H,2-18H2,1H3,(H3-,22,26,27,28,29,30,31);/q;+1/p-1.